The molecule has 0 aromatic heterocycles. The van der Waals surface area contributed by atoms with Gasteiger partial charge in [0.1, 0.15) is 12.0 Å². The smallest absolute Gasteiger partial charge is 0.251 e. The number of benzene rings is 1. The van der Waals surface area contributed by atoms with Gasteiger partial charge in [-0.2, -0.15) is 0 Å². The summed E-state index contributed by atoms with van der Waals surface area (Å²) in [4.78, 5) is 17.4. The van der Waals surface area contributed by atoms with Crippen LogP contribution in [0.3, 0.4) is 0 Å². The van der Waals surface area contributed by atoms with Crippen molar-refractivity contribution in [3.05, 3.63) is 46.8 Å². The first-order valence-corrected chi connectivity index (χ1v) is 10.5. The normalized spacial score (nSPS) is 23.4. The maximum absolute atomic E-state index is 13.2. The van der Waals surface area contributed by atoms with Crippen LogP contribution in [0.5, 0.6) is 0 Å². The Hall–Kier alpha value is -1.76. The van der Waals surface area contributed by atoms with Crippen LogP contribution in [-0.4, -0.2) is 61.3 Å². The summed E-state index contributed by atoms with van der Waals surface area (Å²) in [7, 11) is 0. The molecule has 1 fully saturated rings. The van der Waals surface area contributed by atoms with Gasteiger partial charge >= 0.3 is 0 Å². The molecule has 2 heterocycles. The Morgan fingerprint density at radius 1 is 1.11 bits per heavy atom. The van der Waals surface area contributed by atoms with Gasteiger partial charge in [0.15, 0.2) is 0 Å². The van der Waals surface area contributed by atoms with Crippen LogP contribution < -0.4 is 5.32 Å². The fraction of sp³-hybridized carbons (Fsp3) is 0.591. The molecule has 4 rings (SSSR count). The molecule has 0 bridgehead atoms. The van der Waals surface area contributed by atoms with Gasteiger partial charge in [0.2, 0.25) is 0 Å². The molecule has 1 N–H and O–H groups in total. The summed E-state index contributed by atoms with van der Waals surface area (Å²) in [5.41, 5.74) is 3.26. The second-order valence-corrected chi connectivity index (χ2v) is 7.93. The van der Waals surface area contributed by atoms with E-state index in [1.165, 1.54) is 17.7 Å². The Morgan fingerprint density at radius 2 is 1.86 bits per heavy atom. The van der Waals surface area contributed by atoms with E-state index in [-0.39, 0.29) is 17.9 Å². The van der Waals surface area contributed by atoms with Gasteiger partial charge in [-0.15, -0.1) is 0 Å². The number of hydrogen-bond donors (Lipinski definition) is 1. The highest BCUT2D eigenvalue weighted by Crippen LogP contribution is 2.36. The Morgan fingerprint density at radius 3 is 2.64 bits per heavy atom. The number of carbonyl (C=O) groups excluding carboxylic acids is 1. The average Bonchev–Trinajstić information content (AvgIpc) is 2.99. The molecule has 3 aliphatic rings. The van der Waals surface area contributed by atoms with Gasteiger partial charge < -0.3 is 9.64 Å². The predicted molar refractivity (Wildman–Crippen MR) is 106 cm³/mol. The fourth-order valence-corrected chi connectivity index (χ4v) is 4.50. The third-order valence-corrected chi connectivity index (χ3v) is 6.03. The number of hydrogen-bond acceptors (Lipinski definition) is 4. The molecular formula is C22H30FN3O2. The monoisotopic (exact) mass is 387 g/mol. The Balaban J connectivity index is 1.39. The molecule has 2 aliphatic heterocycles. The number of rotatable bonds is 7. The lowest BCUT2D eigenvalue weighted by molar-refractivity contribution is -0.128. The van der Waals surface area contributed by atoms with Gasteiger partial charge in [0.05, 0.1) is 13.2 Å². The highest BCUT2D eigenvalue weighted by molar-refractivity contribution is 5.97. The quantitative estimate of drug-likeness (QED) is 0.731. The van der Waals surface area contributed by atoms with E-state index in [0.717, 1.165) is 82.6 Å². The zero-order valence-electron chi connectivity index (χ0n) is 16.5. The van der Waals surface area contributed by atoms with Crippen molar-refractivity contribution in [2.24, 2.45) is 0 Å². The molecule has 28 heavy (non-hydrogen) atoms. The second kappa shape index (κ2) is 9.16. The molecule has 6 heteroatoms. The number of halogens is 1. The standard InChI is InChI=1S/C22H30FN3O2/c23-18-8-6-17(7-9-18)16-26-21(19-4-1-2-5-20(19)22(26)27)24-10-3-11-25-12-14-28-15-13-25/h6-9,21,24H,1-5,10-16H2. The third kappa shape index (κ3) is 4.45. The molecule has 1 amide bonds. The van der Waals surface area contributed by atoms with Gasteiger partial charge in [0.25, 0.3) is 5.91 Å². The van der Waals surface area contributed by atoms with Crippen LogP contribution in [0, 0.1) is 5.82 Å². The number of carbonyl (C=O) groups is 1. The first-order valence-electron chi connectivity index (χ1n) is 10.5. The van der Waals surface area contributed by atoms with Crippen molar-refractivity contribution < 1.29 is 13.9 Å². The lowest BCUT2D eigenvalue weighted by Crippen LogP contribution is -2.46. The van der Waals surface area contributed by atoms with Gasteiger partial charge in [-0.1, -0.05) is 12.1 Å². The van der Waals surface area contributed by atoms with Crippen molar-refractivity contribution in [3.63, 3.8) is 0 Å². The molecule has 1 aromatic carbocycles. The Labute approximate surface area is 166 Å². The predicted octanol–water partition coefficient (Wildman–Crippen LogP) is 2.68. The maximum atomic E-state index is 13.2. The van der Waals surface area contributed by atoms with E-state index >= 15 is 0 Å². The number of amides is 1. The molecule has 0 spiro atoms. The van der Waals surface area contributed by atoms with E-state index in [9.17, 15) is 9.18 Å². The van der Waals surface area contributed by atoms with E-state index in [2.05, 4.69) is 10.2 Å². The van der Waals surface area contributed by atoms with Crippen molar-refractivity contribution >= 4 is 5.91 Å². The highest BCUT2D eigenvalue weighted by atomic mass is 19.1. The largest absolute Gasteiger partial charge is 0.379 e. The van der Waals surface area contributed by atoms with Crippen molar-refractivity contribution in [2.75, 3.05) is 39.4 Å². The van der Waals surface area contributed by atoms with E-state index < -0.39 is 0 Å². The maximum Gasteiger partial charge on any atom is 0.251 e. The zero-order valence-corrected chi connectivity index (χ0v) is 16.5. The minimum Gasteiger partial charge on any atom is -0.379 e. The molecule has 1 aliphatic carbocycles. The second-order valence-electron chi connectivity index (χ2n) is 7.93. The molecule has 1 aromatic rings. The number of ether oxygens (including phenoxy) is 1. The van der Waals surface area contributed by atoms with E-state index in [1.54, 1.807) is 12.1 Å². The van der Waals surface area contributed by atoms with Crippen molar-refractivity contribution in [2.45, 2.75) is 44.8 Å². The minimum absolute atomic E-state index is 0.0162. The SMILES string of the molecule is O=C1C2=C(CCCC2)C(NCCCN2CCOCC2)N1Cc1ccc(F)cc1. The summed E-state index contributed by atoms with van der Waals surface area (Å²) in [5.74, 6) is -0.0867. The van der Waals surface area contributed by atoms with E-state index in [0.29, 0.717) is 6.54 Å². The third-order valence-electron chi connectivity index (χ3n) is 6.03. The van der Waals surface area contributed by atoms with Crippen LogP contribution in [0.25, 0.3) is 0 Å². The summed E-state index contributed by atoms with van der Waals surface area (Å²) in [6.45, 7) is 6.13. The summed E-state index contributed by atoms with van der Waals surface area (Å²) in [5, 5.41) is 3.65. The number of nitrogens with one attached hydrogen (secondary N) is 1. The van der Waals surface area contributed by atoms with Gasteiger partial charge in [0, 0.05) is 25.2 Å². The van der Waals surface area contributed by atoms with Crippen LogP contribution >= 0.6 is 0 Å². The first kappa shape index (κ1) is 19.6. The average molecular weight is 387 g/mol. The Bertz CT molecular complexity index is 713. The van der Waals surface area contributed by atoms with Crippen LogP contribution in [0.1, 0.15) is 37.7 Å². The van der Waals surface area contributed by atoms with Crippen molar-refractivity contribution in [1.29, 1.82) is 0 Å². The van der Waals surface area contributed by atoms with Crippen LogP contribution in [-0.2, 0) is 16.1 Å². The molecule has 152 valence electrons. The van der Waals surface area contributed by atoms with Crippen molar-refractivity contribution in [1.82, 2.24) is 15.1 Å². The lowest BCUT2D eigenvalue weighted by atomic mass is 9.92. The van der Waals surface area contributed by atoms with E-state index in [1.807, 2.05) is 4.90 Å². The summed E-state index contributed by atoms with van der Waals surface area (Å²) in [6, 6.07) is 6.48. The topological polar surface area (TPSA) is 44.8 Å². The molecule has 5 nitrogen and oxygen atoms in total. The lowest BCUT2D eigenvalue weighted by Gasteiger charge is -2.30. The Kier molecular flexibility index (Phi) is 6.40. The van der Waals surface area contributed by atoms with Gasteiger partial charge in [-0.3, -0.25) is 15.0 Å². The number of morpholine rings is 1. The van der Waals surface area contributed by atoms with Crippen molar-refractivity contribution in [3.8, 4) is 0 Å². The summed E-state index contributed by atoms with van der Waals surface area (Å²) < 4.78 is 18.6. The highest BCUT2D eigenvalue weighted by Gasteiger charge is 2.39. The molecule has 1 unspecified atom stereocenters. The molecule has 1 saturated heterocycles. The van der Waals surface area contributed by atoms with Crippen LogP contribution in [0.4, 0.5) is 4.39 Å². The van der Waals surface area contributed by atoms with Gasteiger partial charge in [-0.05, 0) is 68.5 Å². The molecular weight excluding hydrogens is 357 g/mol. The molecule has 1 atom stereocenters. The van der Waals surface area contributed by atoms with E-state index in [4.69, 9.17) is 4.74 Å². The number of nitrogens with zero attached hydrogens (tertiary/aromatic N) is 2. The minimum atomic E-state index is -0.244. The summed E-state index contributed by atoms with van der Waals surface area (Å²) >= 11 is 0. The van der Waals surface area contributed by atoms with Gasteiger partial charge in [-0.25, -0.2) is 4.39 Å². The first-order chi connectivity index (χ1) is 13.7. The summed E-state index contributed by atoms with van der Waals surface area (Å²) in [6.07, 6.45) is 5.18. The molecule has 0 saturated carbocycles. The van der Waals surface area contributed by atoms with Crippen LogP contribution in [0.15, 0.2) is 35.4 Å². The van der Waals surface area contributed by atoms with Crippen LogP contribution in [0.2, 0.25) is 0 Å². The fourth-order valence-electron chi connectivity index (χ4n) is 4.50. The molecule has 0 radical (unpaired) electrons. The zero-order chi connectivity index (χ0) is 19.3.